The van der Waals surface area contributed by atoms with E-state index in [4.69, 9.17) is 4.74 Å². The lowest BCUT2D eigenvalue weighted by molar-refractivity contribution is 0.102. The molecule has 3 rings (SSSR count). The summed E-state index contributed by atoms with van der Waals surface area (Å²) in [4.78, 5) is 12.3. The summed E-state index contributed by atoms with van der Waals surface area (Å²) in [6.07, 6.45) is 0. The highest BCUT2D eigenvalue weighted by Gasteiger charge is 2.10. The fraction of sp³-hybridized carbons (Fsp3) is 0.150. The SMILES string of the molecule is COc1ccc(Nc2ccc(C(=O)Nc3ccc(C)cc3C)nn2)cc1. The fourth-order valence-electron chi connectivity index (χ4n) is 2.48. The molecule has 26 heavy (non-hydrogen) atoms. The number of carbonyl (C=O) groups is 1. The van der Waals surface area contributed by atoms with Gasteiger partial charge in [0.1, 0.15) is 5.75 Å². The number of methoxy groups -OCH3 is 1. The van der Waals surface area contributed by atoms with Crippen LogP contribution < -0.4 is 15.4 Å². The number of rotatable bonds is 5. The maximum Gasteiger partial charge on any atom is 0.276 e. The Bertz CT molecular complexity index is 906. The molecule has 2 aromatic carbocycles. The first-order valence-corrected chi connectivity index (χ1v) is 8.18. The van der Waals surface area contributed by atoms with Gasteiger partial charge in [0.25, 0.3) is 5.91 Å². The first-order valence-electron chi connectivity index (χ1n) is 8.18. The second-order valence-electron chi connectivity index (χ2n) is 5.93. The molecule has 0 aliphatic rings. The Labute approximate surface area is 152 Å². The van der Waals surface area contributed by atoms with Crippen LogP contribution in [0.15, 0.2) is 54.6 Å². The highest BCUT2D eigenvalue weighted by molar-refractivity contribution is 6.03. The molecule has 0 saturated heterocycles. The molecule has 1 aromatic heterocycles. The number of nitrogens with zero attached hydrogens (tertiary/aromatic N) is 2. The van der Waals surface area contributed by atoms with Crippen LogP contribution in [-0.2, 0) is 0 Å². The Morgan fingerprint density at radius 3 is 2.35 bits per heavy atom. The molecule has 3 aromatic rings. The van der Waals surface area contributed by atoms with Crippen molar-refractivity contribution >= 4 is 23.1 Å². The van der Waals surface area contributed by atoms with Crippen LogP contribution in [0, 0.1) is 13.8 Å². The molecule has 1 heterocycles. The quantitative estimate of drug-likeness (QED) is 0.726. The molecule has 6 nitrogen and oxygen atoms in total. The predicted molar refractivity (Wildman–Crippen MR) is 102 cm³/mol. The number of benzene rings is 2. The molecule has 0 bridgehead atoms. The number of nitrogens with one attached hydrogen (secondary N) is 2. The molecule has 0 radical (unpaired) electrons. The number of carbonyl (C=O) groups excluding carboxylic acids is 1. The van der Waals surface area contributed by atoms with E-state index < -0.39 is 0 Å². The van der Waals surface area contributed by atoms with E-state index in [9.17, 15) is 4.79 Å². The van der Waals surface area contributed by atoms with Gasteiger partial charge in [0.05, 0.1) is 7.11 Å². The van der Waals surface area contributed by atoms with Crippen LogP contribution in [0.2, 0.25) is 0 Å². The fourth-order valence-corrected chi connectivity index (χ4v) is 2.48. The molecule has 0 saturated carbocycles. The van der Waals surface area contributed by atoms with Crippen molar-refractivity contribution in [1.82, 2.24) is 10.2 Å². The van der Waals surface area contributed by atoms with Crippen molar-refractivity contribution in [3.8, 4) is 5.75 Å². The van der Waals surface area contributed by atoms with Crippen molar-refractivity contribution in [3.05, 3.63) is 71.4 Å². The molecular weight excluding hydrogens is 328 g/mol. The zero-order chi connectivity index (χ0) is 18.5. The molecule has 2 N–H and O–H groups in total. The average Bonchev–Trinajstić information content (AvgIpc) is 2.65. The van der Waals surface area contributed by atoms with Crippen molar-refractivity contribution in [2.75, 3.05) is 17.7 Å². The van der Waals surface area contributed by atoms with Gasteiger partial charge in [-0.3, -0.25) is 4.79 Å². The lowest BCUT2D eigenvalue weighted by Gasteiger charge is -2.09. The summed E-state index contributed by atoms with van der Waals surface area (Å²) >= 11 is 0. The summed E-state index contributed by atoms with van der Waals surface area (Å²) in [6, 6.07) is 16.7. The third kappa shape index (κ3) is 4.16. The highest BCUT2D eigenvalue weighted by atomic mass is 16.5. The summed E-state index contributed by atoms with van der Waals surface area (Å²) in [6.45, 7) is 3.97. The summed E-state index contributed by atoms with van der Waals surface area (Å²) in [7, 11) is 1.62. The number of aromatic nitrogens is 2. The molecular formula is C20H20N4O2. The van der Waals surface area contributed by atoms with E-state index in [0.29, 0.717) is 5.82 Å². The highest BCUT2D eigenvalue weighted by Crippen LogP contribution is 2.19. The molecule has 1 amide bonds. The molecule has 0 atom stereocenters. The van der Waals surface area contributed by atoms with E-state index >= 15 is 0 Å². The Morgan fingerprint density at radius 2 is 1.73 bits per heavy atom. The van der Waals surface area contributed by atoms with Crippen LogP contribution in [0.1, 0.15) is 21.6 Å². The molecule has 0 aliphatic carbocycles. The van der Waals surface area contributed by atoms with E-state index in [0.717, 1.165) is 28.3 Å². The second kappa shape index (κ2) is 7.65. The van der Waals surface area contributed by atoms with Crippen LogP contribution in [0.5, 0.6) is 5.75 Å². The van der Waals surface area contributed by atoms with Crippen molar-refractivity contribution in [3.63, 3.8) is 0 Å². The van der Waals surface area contributed by atoms with Crippen LogP contribution in [0.4, 0.5) is 17.2 Å². The lowest BCUT2D eigenvalue weighted by Crippen LogP contribution is -2.15. The number of hydrogen-bond donors (Lipinski definition) is 2. The normalized spacial score (nSPS) is 10.3. The number of aryl methyl sites for hydroxylation is 2. The predicted octanol–water partition coefficient (Wildman–Crippen LogP) is 4.10. The van der Waals surface area contributed by atoms with Gasteiger partial charge in [-0.15, -0.1) is 10.2 Å². The van der Waals surface area contributed by atoms with Crippen molar-refractivity contribution < 1.29 is 9.53 Å². The van der Waals surface area contributed by atoms with Crippen molar-refractivity contribution in [2.24, 2.45) is 0 Å². The molecule has 0 unspecified atom stereocenters. The second-order valence-corrected chi connectivity index (χ2v) is 5.93. The average molecular weight is 348 g/mol. The summed E-state index contributed by atoms with van der Waals surface area (Å²) in [5.74, 6) is 1.04. The zero-order valence-corrected chi connectivity index (χ0v) is 14.9. The summed E-state index contributed by atoms with van der Waals surface area (Å²) in [5.41, 5.74) is 4.03. The molecule has 0 fully saturated rings. The van der Waals surface area contributed by atoms with Gasteiger partial charge in [-0.25, -0.2) is 0 Å². The monoisotopic (exact) mass is 348 g/mol. The maximum absolute atomic E-state index is 12.3. The van der Waals surface area contributed by atoms with Gasteiger partial charge in [0.15, 0.2) is 11.5 Å². The van der Waals surface area contributed by atoms with Gasteiger partial charge in [-0.2, -0.15) is 0 Å². The van der Waals surface area contributed by atoms with Gasteiger partial charge < -0.3 is 15.4 Å². The zero-order valence-electron chi connectivity index (χ0n) is 14.9. The molecule has 6 heteroatoms. The number of ether oxygens (including phenoxy) is 1. The first kappa shape index (κ1) is 17.4. The minimum Gasteiger partial charge on any atom is -0.497 e. The maximum atomic E-state index is 12.3. The van der Waals surface area contributed by atoms with Gasteiger partial charge >= 0.3 is 0 Å². The van der Waals surface area contributed by atoms with Crippen LogP contribution in [0.25, 0.3) is 0 Å². The Balaban J connectivity index is 1.67. The molecule has 132 valence electrons. The minimum atomic E-state index is -0.291. The Hall–Kier alpha value is -3.41. The third-order valence-corrected chi connectivity index (χ3v) is 3.89. The van der Waals surface area contributed by atoms with Crippen molar-refractivity contribution in [2.45, 2.75) is 13.8 Å². The van der Waals surface area contributed by atoms with E-state index in [-0.39, 0.29) is 11.6 Å². The van der Waals surface area contributed by atoms with Gasteiger partial charge in [-0.05, 0) is 61.9 Å². The van der Waals surface area contributed by atoms with E-state index in [1.165, 1.54) is 0 Å². The van der Waals surface area contributed by atoms with Gasteiger partial charge in [0, 0.05) is 11.4 Å². The standard InChI is InChI=1S/C20H20N4O2/c1-13-4-9-17(14(2)12-13)22-20(25)18-10-11-19(24-23-18)21-15-5-7-16(26-3)8-6-15/h4-12H,1-3H3,(H,21,24)(H,22,25). The van der Waals surface area contributed by atoms with Crippen molar-refractivity contribution in [1.29, 1.82) is 0 Å². The van der Waals surface area contributed by atoms with Crippen LogP contribution in [-0.4, -0.2) is 23.2 Å². The molecule has 0 spiro atoms. The Kier molecular flexibility index (Phi) is 5.12. The van der Waals surface area contributed by atoms with Crippen LogP contribution in [0.3, 0.4) is 0 Å². The summed E-state index contributed by atoms with van der Waals surface area (Å²) in [5, 5.41) is 14.1. The lowest BCUT2D eigenvalue weighted by atomic mass is 10.1. The van der Waals surface area contributed by atoms with Gasteiger partial charge in [0.2, 0.25) is 0 Å². The summed E-state index contributed by atoms with van der Waals surface area (Å²) < 4.78 is 5.12. The van der Waals surface area contributed by atoms with E-state index in [2.05, 4.69) is 20.8 Å². The minimum absolute atomic E-state index is 0.255. The molecule has 0 aliphatic heterocycles. The van der Waals surface area contributed by atoms with Gasteiger partial charge in [-0.1, -0.05) is 17.7 Å². The Morgan fingerprint density at radius 1 is 0.962 bits per heavy atom. The topological polar surface area (TPSA) is 76.1 Å². The van der Waals surface area contributed by atoms with E-state index in [1.54, 1.807) is 19.2 Å². The third-order valence-electron chi connectivity index (χ3n) is 3.89. The van der Waals surface area contributed by atoms with Crippen LogP contribution >= 0.6 is 0 Å². The largest absolute Gasteiger partial charge is 0.497 e. The first-order chi connectivity index (χ1) is 12.5. The van der Waals surface area contributed by atoms with E-state index in [1.807, 2.05) is 56.3 Å². The smallest absolute Gasteiger partial charge is 0.276 e. The number of anilines is 3. The number of amides is 1. The number of hydrogen-bond acceptors (Lipinski definition) is 5.